The van der Waals surface area contributed by atoms with E-state index >= 15 is 0 Å². The summed E-state index contributed by atoms with van der Waals surface area (Å²) in [6, 6.07) is 21.8. The Kier molecular flexibility index (Phi) is 7.63. The van der Waals surface area contributed by atoms with Gasteiger partial charge in [0.1, 0.15) is 0 Å². The van der Waals surface area contributed by atoms with Crippen molar-refractivity contribution < 1.29 is 14.7 Å². The van der Waals surface area contributed by atoms with E-state index in [2.05, 4.69) is 39.0 Å². The number of carboxylic acids is 1. The SMILES string of the molecule is O=C(O)C=Cc1ccc(C=CC(=O)c2ccc(N3CCN(Cc4ccccc4)CC3)cc2)cn1. The van der Waals surface area contributed by atoms with E-state index in [0.29, 0.717) is 11.3 Å². The first-order valence-corrected chi connectivity index (χ1v) is 11.3. The number of rotatable bonds is 8. The summed E-state index contributed by atoms with van der Waals surface area (Å²) in [7, 11) is 0. The van der Waals surface area contributed by atoms with Gasteiger partial charge in [-0.1, -0.05) is 36.4 Å². The number of piperazine rings is 1. The summed E-state index contributed by atoms with van der Waals surface area (Å²) in [5.41, 5.74) is 4.42. The summed E-state index contributed by atoms with van der Waals surface area (Å²) in [6.45, 7) is 4.93. The number of ketones is 1. The molecule has 0 aliphatic carbocycles. The molecule has 0 radical (unpaired) electrons. The highest BCUT2D eigenvalue weighted by atomic mass is 16.4. The standard InChI is InChI=1S/C28H27N3O3/c32-27(14-7-22-6-10-25(29-20-22)11-15-28(33)34)24-8-12-26(13-9-24)31-18-16-30(17-19-31)21-23-4-2-1-3-5-23/h1-15,20H,16-19,21H2,(H,33,34). The molecule has 4 rings (SSSR count). The molecule has 172 valence electrons. The van der Waals surface area contributed by atoms with E-state index in [4.69, 9.17) is 5.11 Å². The Morgan fingerprint density at radius 3 is 2.24 bits per heavy atom. The summed E-state index contributed by atoms with van der Waals surface area (Å²) < 4.78 is 0. The van der Waals surface area contributed by atoms with E-state index in [1.807, 2.05) is 30.3 Å². The first-order chi connectivity index (χ1) is 16.6. The summed E-state index contributed by atoms with van der Waals surface area (Å²) in [4.78, 5) is 32.1. The van der Waals surface area contributed by atoms with E-state index in [1.54, 1.807) is 24.4 Å². The van der Waals surface area contributed by atoms with Crippen LogP contribution in [0.5, 0.6) is 0 Å². The van der Waals surface area contributed by atoms with Gasteiger partial charge in [-0.25, -0.2) is 4.79 Å². The molecule has 0 amide bonds. The maximum atomic E-state index is 12.6. The van der Waals surface area contributed by atoms with Crippen LogP contribution in [-0.2, 0) is 11.3 Å². The van der Waals surface area contributed by atoms with Crippen LogP contribution >= 0.6 is 0 Å². The number of pyridine rings is 1. The number of anilines is 1. The first-order valence-electron chi connectivity index (χ1n) is 11.3. The van der Waals surface area contributed by atoms with Gasteiger partial charge in [0.25, 0.3) is 0 Å². The topological polar surface area (TPSA) is 73.7 Å². The van der Waals surface area contributed by atoms with Crippen LogP contribution in [0.4, 0.5) is 5.69 Å². The molecule has 2 heterocycles. The number of carbonyl (C=O) groups excluding carboxylic acids is 1. The Labute approximate surface area is 199 Å². The molecular weight excluding hydrogens is 426 g/mol. The van der Waals surface area contributed by atoms with Crippen LogP contribution in [0, 0.1) is 0 Å². The fourth-order valence-corrected chi connectivity index (χ4v) is 3.88. The van der Waals surface area contributed by atoms with Crippen LogP contribution in [0.15, 0.2) is 85.1 Å². The zero-order valence-electron chi connectivity index (χ0n) is 18.9. The monoisotopic (exact) mass is 453 g/mol. The Balaban J connectivity index is 1.29. The number of carbonyl (C=O) groups is 2. The fourth-order valence-electron chi connectivity index (χ4n) is 3.88. The number of allylic oxidation sites excluding steroid dienone is 1. The van der Waals surface area contributed by atoms with E-state index in [9.17, 15) is 9.59 Å². The largest absolute Gasteiger partial charge is 0.478 e. The molecule has 6 nitrogen and oxygen atoms in total. The van der Waals surface area contributed by atoms with Crippen molar-refractivity contribution in [3.63, 3.8) is 0 Å². The number of aliphatic carboxylic acids is 1. The van der Waals surface area contributed by atoms with Crippen LogP contribution in [-0.4, -0.2) is 52.9 Å². The second kappa shape index (κ2) is 11.2. The molecule has 1 saturated heterocycles. The van der Waals surface area contributed by atoms with E-state index in [1.165, 1.54) is 17.7 Å². The molecule has 1 aliphatic rings. The van der Waals surface area contributed by atoms with Crippen LogP contribution in [0.3, 0.4) is 0 Å². The normalized spacial score (nSPS) is 14.6. The molecule has 0 bridgehead atoms. The van der Waals surface area contributed by atoms with Gasteiger partial charge in [-0.05, 0) is 59.7 Å². The molecule has 0 saturated carbocycles. The molecule has 6 heteroatoms. The van der Waals surface area contributed by atoms with Gasteiger partial charge < -0.3 is 10.0 Å². The average molecular weight is 454 g/mol. The summed E-state index contributed by atoms with van der Waals surface area (Å²) in [5, 5.41) is 8.67. The number of nitrogens with zero attached hydrogens (tertiary/aromatic N) is 3. The molecule has 2 aromatic carbocycles. The van der Waals surface area contributed by atoms with Crippen molar-refractivity contribution in [2.45, 2.75) is 6.54 Å². The summed E-state index contributed by atoms with van der Waals surface area (Å²) in [5.74, 6) is -1.10. The molecule has 0 unspecified atom stereocenters. The number of benzene rings is 2. The third-order valence-corrected chi connectivity index (χ3v) is 5.77. The number of hydrogen-bond acceptors (Lipinski definition) is 5. The van der Waals surface area contributed by atoms with Crippen LogP contribution in [0.25, 0.3) is 12.2 Å². The second-order valence-corrected chi connectivity index (χ2v) is 8.18. The summed E-state index contributed by atoms with van der Waals surface area (Å²) >= 11 is 0. The molecule has 1 N–H and O–H groups in total. The molecule has 3 aromatic rings. The Bertz CT molecular complexity index is 1160. The Morgan fingerprint density at radius 2 is 1.59 bits per heavy atom. The number of aromatic nitrogens is 1. The lowest BCUT2D eigenvalue weighted by Gasteiger charge is -2.36. The minimum absolute atomic E-state index is 0.0749. The highest BCUT2D eigenvalue weighted by molar-refractivity contribution is 6.07. The van der Waals surface area contributed by atoms with Gasteiger partial charge in [-0.15, -0.1) is 0 Å². The van der Waals surface area contributed by atoms with Gasteiger partial charge in [-0.2, -0.15) is 0 Å². The van der Waals surface area contributed by atoms with Crippen molar-refractivity contribution in [1.82, 2.24) is 9.88 Å². The molecule has 0 spiro atoms. The highest BCUT2D eigenvalue weighted by Gasteiger charge is 2.17. The van der Waals surface area contributed by atoms with Gasteiger partial charge in [0.05, 0.1) is 5.69 Å². The van der Waals surface area contributed by atoms with E-state index < -0.39 is 5.97 Å². The molecule has 34 heavy (non-hydrogen) atoms. The van der Waals surface area contributed by atoms with Crippen molar-refractivity contribution in [2.24, 2.45) is 0 Å². The fraction of sp³-hybridized carbons (Fsp3) is 0.179. The first kappa shape index (κ1) is 23.1. The summed E-state index contributed by atoms with van der Waals surface area (Å²) in [6.07, 6.45) is 7.30. The average Bonchev–Trinajstić information content (AvgIpc) is 2.88. The predicted octanol–water partition coefficient (Wildman–Crippen LogP) is 4.40. The van der Waals surface area contributed by atoms with Gasteiger partial charge in [-0.3, -0.25) is 14.7 Å². The maximum Gasteiger partial charge on any atom is 0.328 e. The zero-order valence-corrected chi connectivity index (χ0v) is 18.9. The van der Waals surface area contributed by atoms with Gasteiger partial charge >= 0.3 is 5.97 Å². The molecule has 0 atom stereocenters. The van der Waals surface area contributed by atoms with Crippen molar-refractivity contribution in [3.05, 3.63) is 107 Å². The van der Waals surface area contributed by atoms with E-state index in [-0.39, 0.29) is 5.78 Å². The van der Waals surface area contributed by atoms with Gasteiger partial charge in [0.15, 0.2) is 5.78 Å². The Hall–Kier alpha value is -4.03. The van der Waals surface area contributed by atoms with Crippen LogP contribution in [0.2, 0.25) is 0 Å². The van der Waals surface area contributed by atoms with E-state index in [0.717, 1.165) is 50.1 Å². The highest BCUT2D eigenvalue weighted by Crippen LogP contribution is 2.19. The lowest BCUT2D eigenvalue weighted by Crippen LogP contribution is -2.45. The molecular formula is C28H27N3O3. The van der Waals surface area contributed by atoms with Crippen LogP contribution < -0.4 is 4.90 Å². The number of hydrogen-bond donors (Lipinski definition) is 1. The quantitative estimate of drug-likeness (QED) is 0.403. The van der Waals surface area contributed by atoms with Crippen molar-refractivity contribution in [2.75, 3.05) is 31.1 Å². The third kappa shape index (κ3) is 6.49. The smallest absolute Gasteiger partial charge is 0.328 e. The minimum Gasteiger partial charge on any atom is -0.478 e. The van der Waals surface area contributed by atoms with Gasteiger partial charge in [0, 0.05) is 56.2 Å². The zero-order chi connectivity index (χ0) is 23.8. The lowest BCUT2D eigenvalue weighted by atomic mass is 10.1. The van der Waals surface area contributed by atoms with Crippen molar-refractivity contribution in [3.8, 4) is 0 Å². The van der Waals surface area contributed by atoms with Crippen molar-refractivity contribution >= 4 is 29.6 Å². The third-order valence-electron chi connectivity index (χ3n) is 5.77. The molecule has 1 aliphatic heterocycles. The molecule has 1 aromatic heterocycles. The minimum atomic E-state index is -1.02. The van der Waals surface area contributed by atoms with Crippen molar-refractivity contribution in [1.29, 1.82) is 0 Å². The molecule has 1 fully saturated rings. The predicted molar refractivity (Wildman–Crippen MR) is 135 cm³/mol. The van der Waals surface area contributed by atoms with Gasteiger partial charge in [0.2, 0.25) is 0 Å². The Morgan fingerprint density at radius 1 is 0.853 bits per heavy atom. The maximum absolute atomic E-state index is 12.6. The number of carboxylic acid groups (broad SMARTS) is 1. The second-order valence-electron chi connectivity index (χ2n) is 8.18. The lowest BCUT2D eigenvalue weighted by molar-refractivity contribution is -0.131. The van der Waals surface area contributed by atoms with Crippen LogP contribution in [0.1, 0.15) is 27.2 Å².